The molecule has 186 valence electrons. The van der Waals surface area contributed by atoms with Gasteiger partial charge in [0, 0.05) is 40.8 Å². The quantitative estimate of drug-likeness (QED) is 0.221. The van der Waals surface area contributed by atoms with Crippen LogP contribution in [0.3, 0.4) is 0 Å². The van der Waals surface area contributed by atoms with Gasteiger partial charge in [0.2, 0.25) is 0 Å². The third-order valence-corrected chi connectivity index (χ3v) is 0.167. The lowest BCUT2D eigenvalue weighted by Gasteiger charge is -1.72. The van der Waals surface area contributed by atoms with Crippen LogP contribution in [0.4, 0.5) is 0 Å². The Morgan fingerprint density at radius 1 is 0.464 bits per heavy atom. The number of carboxylic acids is 4. The molecular formula is C10H40N2O16. The molecule has 0 saturated carbocycles. The van der Waals surface area contributed by atoms with Gasteiger partial charge in [0.1, 0.15) is 0 Å². The van der Waals surface area contributed by atoms with Gasteiger partial charge >= 0.3 is 0 Å². The van der Waals surface area contributed by atoms with E-state index in [9.17, 15) is 0 Å². The second kappa shape index (κ2) is 102. The molecule has 0 unspecified atom stereocenters. The van der Waals surface area contributed by atoms with Crippen molar-refractivity contribution in [3.8, 4) is 0 Å². The summed E-state index contributed by atoms with van der Waals surface area (Å²) >= 11 is 0. The highest BCUT2D eigenvalue weighted by Crippen LogP contribution is 1.43. The number of rotatable bonds is 1. The number of carbonyl (C=O) groups is 4. The zero-order chi connectivity index (χ0) is 17.7. The minimum Gasteiger partial charge on any atom is -0.481 e. The van der Waals surface area contributed by atoms with Gasteiger partial charge in [0.05, 0.1) is 0 Å². The van der Waals surface area contributed by atoms with Crippen molar-refractivity contribution >= 4 is 23.9 Å². The molecule has 0 saturated heterocycles. The van der Waals surface area contributed by atoms with Crippen molar-refractivity contribution in [3.63, 3.8) is 0 Å². The lowest BCUT2D eigenvalue weighted by Crippen LogP contribution is -2.11. The average Bonchev–Trinajstić information content (AvgIpc) is 2.13. The molecule has 0 aliphatic carbocycles. The number of aliphatic carboxylic acids is 4. The van der Waals surface area contributed by atoms with E-state index in [0.717, 1.165) is 27.7 Å². The normalized spacial score (nSPS) is 4.64. The second-order valence-electron chi connectivity index (χ2n) is 2.65. The van der Waals surface area contributed by atoms with Crippen molar-refractivity contribution in [2.24, 2.45) is 11.5 Å². The Morgan fingerprint density at radius 2 is 0.500 bits per heavy atom. The van der Waals surface area contributed by atoms with Crippen LogP contribution in [-0.4, -0.2) is 101 Å². The number of carboxylic acid groups (broad SMARTS) is 4. The van der Waals surface area contributed by atoms with Gasteiger partial charge in [-0.2, -0.15) is 0 Å². The molecule has 0 aliphatic heterocycles. The zero-order valence-electron chi connectivity index (χ0n) is 16.0. The highest BCUT2D eigenvalue weighted by atomic mass is 16.4. The molecule has 0 atom stereocenters. The standard InChI is InChI=1S/C2H8N2.4C2H4O2.8H2O/c3-1-2-4;4*1-2(3)4;;;;;;;;/h1-4H2;4*1H3,(H,3,4);8*1H2. The van der Waals surface area contributed by atoms with Crippen LogP contribution in [-0.2, 0) is 19.2 Å². The molecule has 28 heavy (non-hydrogen) atoms. The molecule has 0 bridgehead atoms. The van der Waals surface area contributed by atoms with Crippen LogP contribution in [0.25, 0.3) is 0 Å². The van der Waals surface area contributed by atoms with Gasteiger partial charge in [-0.05, 0) is 0 Å². The van der Waals surface area contributed by atoms with E-state index in [4.69, 9.17) is 51.1 Å². The smallest absolute Gasteiger partial charge is 0.300 e. The van der Waals surface area contributed by atoms with Crippen molar-refractivity contribution < 1.29 is 83.4 Å². The first kappa shape index (κ1) is 98.0. The van der Waals surface area contributed by atoms with E-state index in [1.165, 1.54) is 0 Å². The lowest BCUT2D eigenvalue weighted by molar-refractivity contribution is -0.135. The van der Waals surface area contributed by atoms with Gasteiger partial charge in [-0.1, -0.05) is 0 Å². The summed E-state index contributed by atoms with van der Waals surface area (Å²) in [5.74, 6) is -3.33. The molecule has 18 nitrogen and oxygen atoms in total. The van der Waals surface area contributed by atoms with Crippen LogP contribution in [0.5, 0.6) is 0 Å². The van der Waals surface area contributed by atoms with Crippen LogP contribution >= 0.6 is 0 Å². The first-order valence-electron chi connectivity index (χ1n) is 5.03. The predicted molar refractivity (Wildman–Crippen MR) is 100 cm³/mol. The van der Waals surface area contributed by atoms with E-state index >= 15 is 0 Å². The molecule has 0 aliphatic rings. The Balaban J connectivity index is -0.00000000852. The van der Waals surface area contributed by atoms with Crippen LogP contribution in [0.1, 0.15) is 27.7 Å². The Hall–Kier alpha value is -2.52. The molecule has 0 rings (SSSR count). The third-order valence-electron chi connectivity index (χ3n) is 0.167. The zero-order valence-corrected chi connectivity index (χ0v) is 16.0. The molecule has 0 heterocycles. The molecule has 24 N–H and O–H groups in total. The highest BCUT2D eigenvalue weighted by molar-refractivity contribution is 5.63. The molecule has 0 aromatic carbocycles. The summed E-state index contributed by atoms with van der Waals surface area (Å²) in [7, 11) is 0. The second-order valence-corrected chi connectivity index (χ2v) is 2.65. The first-order chi connectivity index (χ1) is 8.84. The van der Waals surface area contributed by atoms with Crippen molar-refractivity contribution in [1.29, 1.82) is 0 Å². The first-order valence-corrected chi connectivity index (χ1v) is 5.03. The van der Waals surface area contributed by atoms with E-state index in [1.54, 1.807) is 0 Å². The third kappa shape index (κ3) is 5140. The Kier molecular flexibility index (Phi) is 359. The van der Waals surface area contributed by atoms with E-state index in [0.29, 0.717) is 13.1 Å². The highest BCUT2D eigenvalue weighted by Gasteiger charge is 1.66. The van der Waals surface area contributed by atoms with Crippen molar-refractivity contribution in [1.82, 2.24) is 0 Å². The van der Waals surface area contributed by atoms with Crippen LogP contribution < -0.4 is 11.5 Å². The summed E-state index contributed by atoms with van der Waals surface area (Å²) in [4.78, 5) is 36.0. The van der Waals surface area contributed by atoms with Crippen LogP contribution in [0.15, 0.2) is 0 Å². The fourth-order valence-electron chi connectivity index (χ4n) is 0. The molecule has 0 radical (unpaired) electrons. The Morgan fingerprint density at radius 3 is 0.500 bits per heavy atom. The van der Waals surface area contributed by atoms with Gasteiger partial charge in [0.25, 0.3) is 23.9 Å². The topological polar surface area (TPSA) is 453 Å². The van der Waals surface area contributed by atoms with Crippen LogP contribution in [0, 0.1) is 0 Å². The van der Waals surface area contributed by atoms with Gasteiger partial charge in [-0.25, -0.2) is 0 Å². The van der Waals surface area contributed by atoms with Gasteiger partial charge in [-0.15, -0.1) is 0 Å². The SMILES string of the molecule is CC(=O)O.CC(=O)O.CC(=O)O.CC(=O)O.NCCN.O.O.O.O.O.O.O.O. The van der Waals surface area contributed by atoms with Crippen molar-refractivity contribution in [2.75, 3.05) is 13.1 Å². The molecule has 0 spiro atoms. The summed E-state index contributed by atoms with van der Waals surface area (Å²) in [6.45, 7) is 5.53. The van der Waals surface area contributed by atoms with E-state index in [1.807, 2.05) is 0 Å². The number of hydrogen-bond acceptors (Lipinski definition) is 6. The average molecular weight is 444 g/mol. The largest absolute Gasteiger partial charge is 0.481 e. The summed E-state index contributed by atoms with van der Waals surface area (Å²) in [6.07, 6.45) is 0. The molecule has 0 aromatic heterocycles. The molecule has 18 heteroatoms. The number of hydrogen-bond donors (Lipinski definition) is 6. The lowest BCUT2D eigenvalue weighted by atomic mass is 10.7. The van der Waals surface area contributed by atoms with E-state index in [-0.39, 0.29) is 43.8 Å². The maximum Gasteiger partial charge on any atom is 0.300 e. The van der Waals surface area contributed by atoms with Crippen LogP contribution in [0.2, 0.25) is 0 Å². The Bertz CT molecular complexity index is 198. The van der Waals surface area contributed by atoms with Gasteiger partial charge < -0.3 is 75.7 Å². The van der Waals surface area contributed by atoms with Crippen molar-refractivity contribution in [2.45, 2.75) is 27.7 Å². The van der Waals surface area contributed by atoms with E-state index in [2.05, 4.69) is 0 Å². The van der Waals surface area contributed by atoms with Gasteiger partial charge in [0.15, 0.2) is 0 Å². The molecule has 0 fully saturated rings. The molecular weight excluding hydrogens is 404 g/mol. The fourth-order valence-corrected chi connectivity index (χ4v) is 0. The monoisotopic (exact) mass is 444 g/mol. The summed E-state index contributed by atoms with van der Waals surface area (Å²) in [5.41, 5.74) is 9.81. The summed E-state index contributed by atoms with van der Waals surface area (Å²) < 4.78 is 0. The Labute approximate surface area is 160 Å². The molecule has 0 amide bonds. The fraction of sp³-hybridized carbons (Fsp3) is 0.600. The molecule has 0 aromatic rings. The predicted octanol–water partition coefficient (Wildman–Crippen LogP) is -7.33. The minimum absolute atomic E-state index is 0. The van der Waals surface area contributed by atoms with E-state index < -0.39 is 23.9 Å². The van der Waals surface area contributed by atoms with Crippen molar-refractivity contribution in [3.05, 3.63) is 0 Å². The summed E-state index contributed by atoms with van der Waals surface area (Å²) in [6, 6.07) is 0. The number of nitrogens with two attached hydrogens (primary N) is 2. The maximum atomic E-state index is 9.00. The van der Waals surface area contributed by atoms with Gasteiger partial charge in [-0.3, -0.25) is 19.2 Å². The maximum absolute atomic E-state index is 9.00. The summed E-state index contributed by atoms with van der Waals surface area (Å²) in [5, 5.41) is 29.7. The minimum atomic E-state index is -0.833.